The van der Waals surface area contributed by atoms with Gasteiger partial charge in [0.25, 0.3) is 0 Å². The minimum atomic E-state index is -1.37. The van der Waals surface area contributed by atoms with Crippen LogP contribution in [0.25, 0.3) is 0 Å². The van der Waals surface area contributed by atoms with Crippen LogP contribution >= 0.6 is 0 Å². The molecule has 2 saturated heterocycles. The van der Waals surface area contributed by atoms with Gasteiger partial charge in [0, 0.05) is 6.04 Å². The molecule has 4 rings (SSSR count). The molecule has 2 amide bonds. The third-order valence-electron chi connectivity index (χ3n) is 6.01. The monoisotopic (exact) mass is 396 g/mol. The Morgan fingerprint density at radius 3 is 2.38 bits per heavy atom. The molecule has 0 unspecified atom stereocenters. The van der Waals surface area contributed by atoms with Crippen molar-refractivity contribution < 1.29 is 23.5 Å². The van der Waals surface area contributed by atoms with E-state index in [4.69, 9.17) is 4.74 Å². The molecule has 0 spiro atoms. The Bertz CT molecular complexity index is 1010. The second-order valence-corrected chi connectivity index (χ2v) is 7.66. The van der Waals surface area contributed by atoms with Gasteiger partial charge in [-0.05, 0) is 49.2 Å². The van der Waals surface area contributed by atoms with Crippen molar-refractivity contribution in [3.8, 4) is 0 Å². The second-order valence-electron chi connectivity index (χ2n) is 7.66. The summed E-state index contributed by atoms with van der Waals surface area (Å²) in [5.41, 5.74) is 0.704. The maximum Gasteiger partial charge on any atom is 0.326 e. The fourth-order valence-electron chi connectivity index (χ4n) is 4.59. The van der Waals surface area contributed by atoms with Crippen molar-refractivity contribution in [2.24, 2.45) is 11.8 Å². The fraction of sp³-hybridized carbons (Fsp3) is 0.318. The largest absolute Gasteiger partial charge is 0.468 e. The van der Waals surface area contributed by atoms with Gasteiger partial charge in [-0.25, -0.2) is 9.29 Å². The molecule has 0 bridgehead atoms. The molecule has 0 aliphatic carbocycles. The maximum atomic E-state index is 13.4. The van der Waals surface area contributed by atoms with Crippen molar-refractivity contribution in [2.45, 2.75) is 25.4 Å². The van der Waals surface area contributed by atoms with Gasteiger partial charge in [0.2, 0.25) is 11.8 Å². The van der Waals surface area contributed by atoms with Crippen molar-refractivity contribution in [1.29, 1.82) is 0 Å². The summed E-state index contributed by atoms with van der Waals surface area (Å²) in [5.74, 6) is -3.70. The zero-order valence-corrected chi connectivity index (χ0v) is 16.3. The summed E-state index contributed by atoms with van der Waals surface area (Å²) >= 11 is 0. The van der Waals surface area contributed by atoms with Crippen molar-refractivity contribution >= 4 is 23.5 Å². The van der Waals surface area contributed by atoms with Crippen molar-refractivity contribution in [1.82, 2.24) is 5.32 Å². The Labute approximate surface area is 167 Å². The molecule has 2 aromatic carbocycles. The molecule has 29 heavy (non-hydrogen) atoms. The quantitative estimate of drug-likeness (QED) is 0.637. The van der Waals surface area contributed by atoms with Crippen LogP contribution in [-0.4, -0.2) is 30.4 Å². The molecule has 2 aliphatic rings. The van der Waals surface area contributed by atoms with E-state index < -0.39 is 47.0 Å². The molecule has 2 aromatic rings. The van der Waals surface area contributed by atoms with Gasteiger partial charge in [-0.15, -0.1) is 0 Å². The Hall–Kier alpha value is -3.06. The number of carbonyl (C=O) groups excluding carboxylic acids is 3. The summed E-state index contributed by atoms with van der Waals surface area (Å²) in [5, 5.41) is 3.22. The van der Waals surface area contributed by atoms with E-state index in [1.165, 1.54) is 31.4 Å². The van der Waals surface area contributed by atoms with E-state index in [1.807, 2.05) is 31.2 Å². The highest BCUT2D eigenvalue weighted by molar-refractivity contribution is 6.24. The molecule has 6 nitrogen and oxygen atoms in total. The Morgan fingerprint density at radius 2 is 1.76 bits per heavy atom. The molecule has 2 fully saturated rings. The number of nitrogens with one attached hydrogen (secondary N) is 1. The topological polar surface area (TPSA) is 75.7 Å². The van der Waals surface area contributed by atoms with E-state index in [9.17, 15) is 18.8 Å². The van der Waals surface area contributed by atoms with E-state index >= 15 is 0 Å². The minimum Gasteiger partial charge on any atom is -0.468 e. The molecular formula is C22H21FN2O4. The number of carbonyl (C=O) groups is 3. The number of aryl methyl sites for hydroxylation is 1. The van der Waals surface area contributed by atoms with Crippen LogP contribution in [0.1, 0.15) is 24.1 Å². The van der Waals surface area contributed by atoms with Crippen molar-refractivity contribution in [3.05, 3.63) is 65.5 Å². The lowest BCUT2D eigenvalue weighted by Gasteiger charge is -2.29. The van der Waals surface area contributed by atoms with E-state index in [2.05, 4.69) is 5.32 Å². The number of hydrogen-bond acceptors (Lipinski definition) is 5. The predicted octanol–water partition coefficient (Wildman–Crippen LogP) is 2.52. The maximum absolute atomic E-state index is 13.4. The Kier molecular flexibility index (Phi) is 4.50. The zero-order valence-electron chi connectivity index (χ0n) is 16.3. The highest BCUT2D eigenvalue weighted by Gasteiger charge is 2.67. The highest BCUT2D eigenvalue weighted by Crippen LogP contribution is 2.50. The van der Waals surface area contributed by atoms with E-state index in [1.54, 1.807) is 6.92 Å². The van der Waals surface area contributed by atoms with Crippen LogP contribution in [-0.2, 0) is 19.1 Å². The first-order valence-corrected chi connectivity index (χ1v) is 9.34. The first-order chi connectivity index (χ1) is 13.8. The number of halogens is 1. The summed E-state index contributed by atoms with van der Waals surface area (Å²) in [6, 6.07) is 12.2. The van der Waals surface area contributed by atoms with Crippen LogP contribution in [0, 0.1) is 24.6 Å². The Morgan fingerprint density at radius 1 is 1.10 bits per heavy atom. The van der Waals surface area contributed by atoms with Gasteiger partial charge in [-0.2, -0.15) is 0 Å². The van der Waals surface area contributed by atoms with E-state index in [0.29, 0.717) is 0 Å². The van der Waals surface area contributed by atoms with Gasteiger partial charge < -0.3 is 4.74 Å². The lowest BCUT2D eigenvalue weighted by molar-refractivity contribution is -0.151. The average Bonchev–Trinajstić information content (AvgIpc) is 3.16. The summed E-state index contributed by atoms with van der Waals surface area (Å²) < 4.78 is 18.3. The number of imide groups is 1. The van der Waals surface area contributed by atoms with E-state index in [0.717, 1.165) is 16.0 Å². The first kappa shape index (κ1) is 19.3. The number of nitrogens with zero attached hydrogens (tertiary/aromatic N) is 1. The van der Waals surface area contributed by atoms with Gasteiger partial charge in [0.1, 0.15) is 11.4 Å². The summed E-state index contributed by atoms with van der Waals surface area (Å²) in [6.07, 6.45) is 0. The molecule has 1 N–H and O–H groups in total. The molecule has 4 atom stereocenters. The van der Waals surface area contributed by atoms with Crippen LogP contribution in [0.3, 0.4) is 0 Å². The summed E-state index contributed by atoms with van der Waals surface area (Å²) in [4.78, 5) is 40.5. The van der Waals surface area contributed by atoms with E-state index in [-0.39, 0.29) is 5.69 Å². The first-order valence-electron chi connectivity index (χ1n) is 9.34. The van der Waals surface area contributed by atoms with Crippen LogP contribution in [0.4, 0.5) is 10.1 Å². The van der Waals surface area contributed by atoms with Gasteiger partial charge in [0.05, 0.1) is 24.6 Å². The summed E-state index contributed by atoms with van der Waals surface area (Å²) in [7, 11) is 1.25. The molecule has 150 valence electrons. The number of anilines is 1. The molecule has 0 aromatic heterocycles. The number of amides is 2. The number of methoxy groups -OCH3 is 1. The normalized spacial score (nSPS) is 28.6. The number of hydrogen-bond donors (Lipinski definition) is 1. The van der Waals surface area contributed by atoms with Gasteiger partial charge in [-0.3, -0.25) is 19.7 Å². The number of benzene rings is 2. The van der Waals surface area contributed by atoms with Gasteiger partial charge in [-0.1, -0.05) is 24.3 Å². The molecule has 2 heterocycles. The zero-order chi connectivity index (χ0) is 20.9. The third kappa shape index (κ3) is 2.76. The molecule has 0 saturated carbocycles. The second kappa shape index (κ2) is 6.77. The van der Waals surface area contributed by atoms with Gasteiger partial charge in [0.15, 0.2) is 0 Å². The molecular weight excluding hydrogens is 375 g/mol. The summed E-state index contributed by atoms with van der Waals surface area (Å²) in [6.45, 7) is 3.51. The van der Waals surface area contributed by atoms with Crippen LogP contribution in [0.2, 0.25) is 0 Å². The SMILES string of the molecule is COC(=O)[C@]1(C)N[C@H](c2ccccc2C)[C@@H]2C(=O)N(c3ccc(F)cc3)C(=O)[C@H]21. The Balaban J connectivity index is 1.84. The van der Waals surface area contributed by atoms with Gasteiger partial charge >= 0.3 is 5.97 Å². The van der Waals surface area contributed by atoms with Crippen LogP contribution in [0.15, 0.2) is 48.5 Å². The van der Waals surface area contributed by atoms with Crippen molar-refractivity contribution in [2.75, 3.05) is 12.0 Å². The molecule has 0 radical (unpaired) electrons. The lowest BCUT2D eigenvalue weighted by Crippen LogP contribution is -2.54. The predicted molar refractivity (Wildman–Crippen MR) is 103 cm³/mol. The van der Waals surface area contributed by atoms with Crippen LogP contribution in [0.5, 0.6) is 0 Å². The highest BCUT2D eigenvalue weighted by atomic mass is 19.1. The number of fused-ring (bicyclic) bond motifs is 1. The number of esters is 1. The average molecular weight is 396 g/mol. The minimum absolute atomic E-state index is 0.284. The smallest absolute Gasteiger partial charge is 0.326 e. The standard InChI is InChI=1S/C22H21FN2O4/c1-12-6-4-5-7-15(12)18-16-17(22(2,24-18)21(28)29-3)20(27)25(19(16)26)14-10-8-13(23)9-11-14/h4-11,16-18,24H,1-3H3/t16-,17+,18-,22-/m1/s1. The van der Waals surface area contributed by atoms with Crippen LogP contribution < -0.4 is 10.2 Å². The number of ether oxygens (including phenoxy) is 1. The van der Waals surface area contributed by atoms with Crippen molar-refractivity contribution in [3.63, 3.8) is 0 Å². The fourth-order valence-corrected chi connectivity index (χ4v) is 4.59. The molecule has 2 aliphatic heterocycles. The number of rotatable bonds is 3. The third-order valence-corrected chi connectivity index (χ3v) is 6.01. The lowest BCUT2D eigenvalue weighted by atomic mass is 9.80. The molecule has 7 heteroatoms.